The maximum Gasteiger partial charge on any atom is 0.308 e. The quantitative estimate of drug-likeness (QED) is 0.311. The molecule has 2 saturated heterocycles. The SMILES string of the molecule is CCCCN1C(=O)C(=Cc2c(N3CCNC(=O)C3CC(=O)OCC)nc3ccccn3c2=O)SC1=S. The molecule has 0 radical (unpaired) electrons. The van der Waals surface area contributed by atoms with Gasteiger partial charge in [0, 0.05) is 25.8 Å². The molecule has 1 atom stereocenters. The van der Waals surface area contributed by atoms with E-state index in [1.807, 2.05) is 6.92 Å². The van der Waals surface area contributed by atoms with Gasteiger partial charge in [-0.05, 0) is 31.6 Å². The minimum absolute atomic E-state index is 0.151. The summed E-state index contributed by atoms with van der Waals surface area (Å²) in [5.74, 6) is -0.919. The van der Waals surface area contributed by atoms with Crippen LogP contribution in [0.15, 0.2) is 34.1 Å². The van der Waals surface area contributed by atoms with E-state index in [0.717, 1.165) is 24.6 Å². The number of thioether (sulfide) groups is 1. The fourth-order valence-electron chi connectivity index (χ4n) is 4.13. The van der Waals surface area contributed by atoms with Crippen molar-refractivity contribution in [2.24, 2.45) is 0 Å². The summed E-state index contributed by atoms with van der Waals surface area (Å²) in [6.45, 7) is 5.05. The standard InChI is InChI=1S/C24H27N5O5S2/c1-3-5-10-29-23(33)17(36-24(29)35)13-15-20(26-18-8-6-7-11-28(18)22(15)32)27-12-9-25-21(31)16(27)14-19(30)34-4-2/h6-8,11,13,16H,3-5,9-10,12,14H2,1-2H3,(H,25,31). The molecule has 2 amide bonds. The molecule has 0 bridgehead atoms. The first-order chi connectivity index (χ1) is 17.3. The number of thiocarbonyl (C=S) groups is 1. The summed E-state index contributed by atoms with van der Waals surface area (Å²) >= 11 is 6.55. The fourth-order valence-corrected chi connectivity index (χ4v) is 5.42. The molecule has 12 heteroatoms. The Labute approximate surface area is 217 Å². The number of anilines is 1. The molecular weight excluding hydrogens is 502 g/mol. The fraction of sp³-hybridized carbons (Fsp3) is 0.417. The highest BCUT2D eigenvalue weighted by molar-refractivity contribution is 8.26. The van der Waals surface area contributed by atoms with Crippen molar-refractivity contribution in [3.8, 4) is 0 Å². The number of rotatable bonds is 8. The second kappa shape index (κ2) is 11.2. The number of hydrogen-bond donors (Lipinski definition) is 1. The Balaban J connectivity index is 1.83. The number of hydrogen-bond acceptors (Lipinski definition) is 9. The molecule has 1 N–H and O–H groups in total. The molecule has 0 aromatic carbocycles. The first-order valence-electron chi connectivity index (χ1n) is 11.8. The third kappa shape index (κ3) is 5.14. The molecule has 1 unspecified atom stereocenters. The van der Waals surface area contributed by atoms with Gasteiger partial charge in [0.1, 0.15) is 21.8 Å². The van der Waals surface area contributed by atoms with Gasteiger partial charge in [-0.2, -0.15) is 0 Å². The number of carbonyl (C=O) groups excluding carboxylic acids is 3. The Hall–Kier alpha value is -3.25. The van der Waals surface area contributed by atoms with E-state index in [9.17, 15) is 19.2 Å². The molecule has 2 aliphatic rings. The van der Waals surface area contributed by atoms with Crippen LogP contribution < -0.4 is 15.8 Å². The average molecular weight is 530 g/mol. The zero-order chi connectivity index (χ0) is 25.8. The normalized spacial score (nSPS) is 19.3. The number of aromatic nitrogens is 2. The Morgan fingerprint density at radius 2 is 2.11 bits per heavy atom. The van der Waals surface area contributed by atoms with E-state index in [4.69, 9.17) is 21.9 Å². The molecule has 2 aliphatic heterocycles. The molecule has 4 rings (SSSR count). The summed E-state index contributed by atoms with van der Waals surface area (Å²) in [7, 11) is 0. The van der Waals surface area contributed by atoms with Crippen molar-refractivity contribution in [1.29, 1.82) is 0 Å². The van der Waals surface area contributed by atoms with Crippen molar-refractivity contribution in [2.75, 3.05) is 31.1 Å². The largest absolute Gasteiger partial charge is 0.466 e. The zero-order valence-corrected chi connectivity index (χ0v) is 21.7. The van der Waals surface area contributed by atoms with E-state index in [1.54, 1.807) is 41.1 Å². The van der Waals surface area contributed by atoms with Crippen LogP contribution in [0.25, 0.3) is 11.7 Å². The molecule has 36 heavy (non-hydrogen) atoms. The van der Waals surface area contributed by atoms with Gasteiger partial charge in [0.15, 0.2) is 0 Å². The van der Waals surface area contributed by atoms with Crippen LogP contribution in [0.2, 0.25) is 0 Å². The molecule has 2 fully saturated rings. The van der Waals surface area contributed by atoms with E-state index < -0.39 is 17.6 Å². The first kappa shape index (κ1) is 25.8. The van der Waals surface area contributed by atoms with E-state index in [-0.39, 0.29) is 36.2 Å². The monoisotopic (exact) mass is 529 g/mol. The van der Waals surface area contributed by atoms with Gasteiger partial charge >= 0.3 is 5.97 Å². The number of esters is 1. The summed E-state index contributed by atoms with van der Waals surface area (Å²) in [5.41, 5.74) is 0.138. The van der Waals surface area contributed by atoms with Crippen molar-refractivity contribution < 1.29 is 19.1 Å². The lowest BCUT2D eigenvalue weighted by molar-refractivity contribution is -0.145. The highest BCUT2D eigenvalue weighted by atomic mass is 32.2. The molecule has 2 aromatic heterocycles. The van der Waals surface area contributed by atoms with Crippen molar-refractivity contribution in [3.63, 3.8) is 0 Å². The maximum absolute atomic E-state index is 13.6. The molecule has 2 aromatic rings. The van der Waals surface area contributed by atoms with Gasteiger partial charge < -0.3 is 15.0 Å². The van der Waals surface area contributed by atoms with Crippen LogP contribution in [-0.4, -0.2) is 68.7 Å². The highest BCUT2D eigenvalue weighted by Crippen LogP contribution is 2.34. The van der Waals surface area contributed by atoms with Crippen molar-refractivity contribution >= 4 is 63.6 Å². The number of fused-ring (bicyclic) bond motifs is 1. The van der Waals surface area contributed by atoms with Crippen LogP contribution in [0.4, 0.5) is 5.82 Å². The van der Waals surface area contributed by atoms with Crippen LogP contribution in [0.5, 0.6) is 0 Å². The van der Waals surface area contributed by atoms with Crippen LogP contribution >= 0.6 is 24.0 Å². The second-order valence-electron chi connectivity index (χ2n) is 8.28. The van der Waals surface area contributed by atoms with E-state index in [0.29, 0.717) is 34.5 Å². The third-order valence-corrected chi connectivity index (χ3v) is 7.28. The van der Waals surface area contributed by atoms with Crippen molar-refractivity contribution in [3.05, 3.63) is 45.2 Å². The second-order valence-corrected chi connectivity index (χ2v) is 9.96. The lowest BCUT2D eigenvalue weighted by atomic mass is 10.1. The van der Waals surface area contributed by atoms with Gasteiger partial charge in [0.2, 0.25) is 5.91 Å². The molecular formula is C24H27N5O5S2. The number of nitrogens with one attached hydrogen (secondary N) is 1. The molecule has 0 spiro atoms. The number of carbonyl (C=O) groups is 3. The maximum atomic E-state index is 13.6. The molecule has 0 aliphatic carbocycles. The predicted octanol–water partition coefficient (Wildman–Crippen LogP) is 1.95. The number of ether oxygens (including phenoxy) is 1. The lowest BCUT2D eigenvalue weighted by Gasteiger charge is -2.36. The Morgan fingerprint density at radius 3 is 2.86 bits per heavy atom. The summed E-state index contributed by atoms with van der Waals surface area (Å²) in [6, 6.07) is 4.23. The summed E-state index contributed by atoms with van der Waals surface area (Å²) in [4.78, 5) is 60.0. The van der Waals surface area contributed by atoms with Crippen LogP contribution in [0.3, 0.4) is 0 Å². The van der Waals surface area contributed by atoms with Gasteiger partial charge in [0.25, 0.3) is 11.5 Å². The van der Waals surface area contributed by atoms with Crippen LogP contribution in [0, 0.1) is 0 Å². The van der Waals surface area contributed by atoms with Gasteiger partial charge in [-0.25, -0.2) is 4.98 Å². The van der Waals surface area contributed by atoms with Crippen LogP contribution in [-0.2, 0) is 19.1 Å². The van der Waals surface area contributed by atoms with E-state index >= 15 is 0 Å². The Bertz CT molecular complexity index is 1310. The molecule has 190 valence electrons. The van der Waals surface area contributed by atoms with E-state index in [1.165, 1.54) is 10.5 Å². The molecule has 4 heterocycles. The minimum atomic E-state index is -0.915. The summed E-state index contributed by atoms with van der Waals surface area (Å²) in [6.07, 6.45) is 4.62. The molecule has 0 saturated carbocycles. The smallest absolute Gasteiger partial charge is 0.308 e. The topological polar surface area (TPSA) is 113 Å². The van der Waals surface area contributed by atoms with Gasteiger partial charge in [0.05, 0.1) is 23.5 Å². The Morgan fingerprint density at radius 1 is 1.31 bits per heavy atom. The number of unbranched alkanes of at least 4 members (excludes halogenated alkanes) is 1. The van der Waals surface area contributed by atoms with Crippen molar-refractivity contribution in [1.82, 2.24) is 19.6 Å². The predicted molar refractivity (Wildman–Crippen MR) is 142 cm³/mol. The minimum Gasteiger partial charge on any atom is -0.466 e. The van der Waals surface area contributed by atoms with Crippen molar-refractivity contribution in [2.45, 2.75) is 39.2 Å². The molecule has 10 nitrogen and oxygen atoms in total. The zero-order valence-electron chi connectivity index (χ0n) is 20.1. The lowest BCUT2D eigenvalue weighted by Crippen LogP contribution is -2.57. The summed E-state index contributed by atoms with van der Waals surface area (Å²) in [5, 5.41) is 2.76. The Kier molecular flexibility index (Phi) is 8.04. The summed E-state index contributed by atoms with van der Waals surface area (Å²) < 4.78 is 6.89. The number of piperazine rings is 1. The first-order valence-corrected chi connectivity index (χ1v) is 13.0. The number of pyridine rings is 1. The van der Waals surface area contributed by atoms with Gasteiger partial charge in [-0.3, -0.25) is 28.5 Å². The third-order valence-electron chi connectivity index (χ3n) is 5.90. The highest BCUT2D eigenvalue weighted by Gasteiger charge is 2.36. The average Bonchev–Trinajstić information content (AvgIpc) is 3.12. The van der Waals surface area contributed by atoms with Gasteiger partial charge in [-0.1, -0.05) is 43.4 Å². The number of amides is 2. The number of nitrogens with zero attached hydrogens (tertiary/aromatic N) is 4. The van der Waals surface area contributed by atoms with E-state index in [2.05, 4.69) is 5.32 Å². The van der Waals surface area contributed by atoms with Gasteiger partial charge in [-0.15, -0.1) is 0 Å². The van der Waals surface area contributed by atoms with Crippen LogP contribution in [0.1, 0.15) is 38.7 Å².